The maximum atomic E-state index is 12.3. The summed E-state index contributed by atoms with van der Waals surface area (Å²) in [6.07, 6.45) is 4.34. The zero-order valence-electron chi connectivity index (χ0n) is 11.2. The highest BCUT2D eigenvalue weighted by atomic mass is 32.1. The summed E-state index contributed by atoms with van der Waals surface area (Å²) in [5, 5.41) is 10.7. The number of nitro groups is 1. The Hall–Kier alpha value is -1.43. The van der Waals surface area contributed by atoms with Crippen molar-refractivity contribution in [2.75, 3.05) is 7.05 Å². The van der Waals surface area contributed by atoms with Crippen molar-refractivity contribution in [2.45, 2.75) is 38.6 Å². The van der Waals surface area contributed by atoms with E-state index in [1.807, 2.05) is 0 Å². The smallest absolute Gasteiger partial charge is 0.324 e. The van der Waals surface area contributed by atoms with E-state index in [4.69, 9.17) is 0 Å². The van der Waals surface area contributed by atoms with Gasteiger partial charge in [0.15, 0.2) is 0 Å². The maximum absolute atomic E-state index is 12.3. The molecule has 1 aliphatic rings. The van der Waals surface area contributed by atoms with E-state index in [0.717, 1.165) is 42.9 Å². The van der Waals surface area contributed by atoms with Gasteiger partial charge in [0.25, 0.3) is 5.91 Å². The van der Waals surface area contributed by atoms with E-state index in [1.54, 1.807) is 18.0 Å². The van der Waals surface area contributed by atoms with Gasteiger partial charge in [-0.2, -0.15) is 0 Å². The molecule has 1 heterocycles. The number of nitrogens with zero attached hydrogens (tertiary/aromatic N) is 2. The summed E-state index contributed by atoms with van der Waals surface area (Å²) in [6.45, 7) is 2.24. The number of carbonyl (C=O) groups excluding carboxylic acids is 1. The molecular formula is C13H18N2O3S. The standard InChI is InChI=1S/C13H18N2O3S/c1-9-3-5-10(6-4-9)14(2)13(16)11-7-8-12(19-11)15(17)18/h7-10H,3-6H2,1-2H3. The maximum Gasteiger partial charge on any atom is 0.324 e. The molecule has 0 spiro atoms. The summed E-state index contributed by atoms with van der Waals surface area (Å²) in [4.78, 5) is 24.7. The zero-order valence-corrected chi connectivity index (χ0v) is 12.0. The lowest BCUT2D eigenvalue weighted by Crippen LogP contribution is -2.38. The minimum absolute atomic E-state index is 0.0222. The fraction of sp³-hybridized carbons (Fsp3) is 0.615. The van der Waals surface area contributed by atoms with Crippen LogP contribution in [0.4, 0.5) is 5.00 Å². The second-order valence-electron chi connectivity index (χ2n) is 5.22. The van der Waals surface area contributed by atoms with Crippen LogP contribution in [0.15, 0.2) is 12.1 Å². The van der Waals surface area contributed by atoms with Crippen molar-refractivity contribution < 1.29 is 9.72 Å². The fourth-order valence-corrected chi connectivity index (χ4v) is 3.31. The normalized spacial score (nSPS) is 23.1. The SMILES string of the molecule is CC1CCC(N(C)C(=O)c2ccc([N+](=O)[O-])s2)CC1. The topological polar surface area (TPSA) is 63.5 Å². The van der Waals surface area contributed by atoms with Crippen LogP contribution in [0.3, 0.4) is 0 Å². The summed E-state index contributed by atoms with van der Waals surface area (Å²) < 4.78 is 0. The molecule has 5 nitrogen and oxygen atoms in total. The van der Waals surface area contributed by atoms with Crippen LogP contribution in [0.25, 0.3) is 0 Å². The van der Waals surface area contributed by atoms with Crippen molar-refractivity contribution in [3.05, 3.63) is 27.1 Å². The summed E-state index contributed by atoms with van der Waals surface area (Å²) >= 11 is 0.952. The number of hydrogen-bond acceptors (Lipinski definition) is 4. The number of thiophene rings is 1. The minimum atomic E-state index is -0.455. The lowest BCUT2D eigenvalue weighted by molar-refractivity contribution is -0.380. The highest BCUT2D eigenvalue weighted by Crippen LogP contribution is 2.29. The van der Waals surface area contributed by atoms with E-state index < -0.39 is 4.92 Å². The molecule has 1 aliphatic carbocycles. The van der Waals surface area contributed by atoms with Crippen molar-refractivity contribution in [1.29, 1.82) is 0 Å². The highest BCUT2D eigenvalue weighted by molar-refractivity contribution is 7.17. The molecule has 0 bridgehead atoms. The van der Waals surface area contributed by atoms with Gasteiger partial charge in [0.05, 0.1) is 9.80 Å². The Morgan fingerprint density at radius 1 is 1.37 bits per heavy atom. The van der Waals surface area contributed by atoms with Crippen molar-refractivity contribution in [3.8, 4) is 0 Å². The van der Waals surface area contributed by atoms with Crippen LogP contribution in [0, 0.1) is 16.0 Å². The van der Waals surface area contributed by atoms with Gasteiger partial charge in [-0.15, -0.1) is 0 Å². The van der Waals surface area contributed by atoms with Crippen LogP contribution in [-0.2, 0) is 0 Å². The molecule has 104 valence electrons. The van der Waals surface area contributed by atoms with Crippen LogP contribution in [0.5, 0.6) is 0 Å². The molecule has 1 fully saturated rings. The van der Waals surface area contributed by atoms with Gasteiger partial charge in [-0.3, -0.25) is 14.9 Å². The molecule has 19 heavy (non-hydrogen) atoms. The predicted molar refractivity (Wildman–Crippen MR) is 74.5 cm³/mol. The molecule has 0 aliphatic heterocycles. The number of carbonyl (C=O) groups is 1. The van der Waals surface area contributed by atoms with Gasteiger partial charge in [0, 0.05) is 19.2 Å². The summed E-state index contributed by atoms with van der Waals surface area (Å²) in [5.74, 6) is 0.639. The van der Waals surface area contributed by atoms with E-state index >= 15 is 0 Å². The molecule has 0 N–H and O–H groups in total. The third-order valence-electron chi connectivity index (χ3n) is 3.84. The first-order valence-electron chi connectivity index (χ1n) is 6.50. The van der Waals surface area contributed by atoms with Crippen molar-refractivity contribution >= 4 is 22.2 Å². The van der Waals surface area contributed by atoms with Crippen molar-refractivity contribution in [2.24, 2.45) is 5.92 Å². The van der Waals surface area contributed by atoms with Crippen LogP contribution >= 0.6 is 11.3 Å². The fourth-order valence-electron chi connectivity index (χ4n) is 2.51. The van der Waals surface area contributed by atoms with Crippen LogP contribution in [0.1, 0.15) is 42.3 Å². The molecule has 0 unspecified atom stereocenters. The van der Waals surface area contributed by atoms with Gasteiger partial charge in [0.2, 0.25) is 0 Å². The van der Waals surface area contributed by atoms with Crippen molar-refractivity contribution in [1.82, 2.24) is 4.90 Å². The second kappa shape index (κ2) is 5.69. The lowest BCUT2D eigenvalue weighted by Gasteiger charge is -2.33. The predicted octanol–water partition coefficient (Wildman–Crippen LogP) is 3.31. The van der Waals surface area contributed by atoms with Gasteiger partial charge >= 0.3 is 5.00 Å². The second-order valence-corrected chi connectivity index (χ2v) is 6.29. The average Bonchev–Trinajstić information content (AvgIpc) is 2.87. The summed E-state index contributed by atoms with van der Waals surface area (Å²) in [6, 6.07) is 3.21. The third-order valence-corrected chi connectivity index (χ3v) is 4.86. The van der Waals surface area contributed by atoms with Gasteiger partial charge in [-0.25, -0.2) is 0 Å². The largest absolute Gasteiger partial charge is 0.338 e. The van der Waals surface area contributed by atoms with Crippen LogP contribution in [0.2, 0.25) is 0 Å². The Bertz CT molecular complexity index is 478. The molecule has 1 saturated carbocycles. The highest BCUT2D eigenvalue weighted by Gasteiger charge is 2.27. The molecule has 0 aromatic carbocycles. The first kappa shape index (κ1) is 14.0. The van der Waals surface area contributed by atoms with E-state index in [2.05, 4.69) is 6.92 Å². The first-order valence-corrected chi connectivity index (χ1v) is 7.32. The van der Waals surface area contributed by atoms with Gasteiger partial charge < -0.3 is 4.90 Å². The third kappa shape index (κ3) is 3.12. The Balaban J connectivity index is 2.03. The Labute approximate surface area is 116 Å². The number of hydrogen-bond donors (Lipinski definition) is 0. The van der Waals surface area contributed by atoms with Gasteiger partial charge in [-0.1, -0.05) is 18.3 Å². The Morgan fingerprint density at radius 3 is 2.53 bits per heavy atom. The Morgan fingerprint density at radius 2 is 2.00 bits per heavy atom. The molecule has 1 amide bonds. The van der Waals surface area contributed by atoms with E-state index in [1.165, 1.54) is 6.07 Å². The number of rotatable bonds is 3. The van der Waals surface area contributed by atoms with Crippen LogP contribution in [-0.4, -0.2) is 28.8 Å². The van der Waals surface area contributed by atoms with Gasteiger partial charge in [-0.05, 0) is 37.7 Å². The van der Waals surface area contributed by atoms with E-state index in [0.29, 0.717) is 4.88 Å². The summed E-state index contributed by atoms with van der Waals surface area (Å²) in [5.41, 5.74) is 0. The quantitative estimate of drug-likeness (QED) is 0.631. The molecule has 0 atom stereocenters. The summed E-state index contributed by atoms with van der Waals surface area (Å²) in [7, 11) is 1.80. The van der Waals surface area contributed by atoms with E-state index in [9.17, 15) is 14.9 Å². The molecule has 0 radical (unpaired) electrons. The monoisotopic (exact) mass is 282 g/mol. The Kier molecular flexibility index (Phi) is 4.19. The van der Waals surface area contributed by atoms with E-state index in [-0.39, 0.29) is 17.0 Å². The van der Waals surface area contributed by atoms with Crippen LogP contribution < -0.4 is 0 Å². The average molecular weight is 282 g/mol. The molecular weight excluding hydrogens is 264 g/mol. The molecule has 1 aromatic heterocycles. The lowest BCUT2D eigenvalue weighted by atomic mass is 9.87. The molecule has 1 aromatic rings. The number of amides is 1. The minimum Gasteiger partial charge on any atom is -0.338 e. The van der Waals surface area contributed by atoms with Gasteiger partial charge in [0.1, 0.15) is 0 Å². The molecule has 2 rings (SSSR count). The molecule has 6 heteroatoms. The zero-order chi connectivity index (χ0) is 14.0. The van der Waals surface area contributed by atoms with Crippen molar-refractivity contribution in [3.63, 3.8) is 0 Å². The molecule has 0 saturated heterocycles. The first-order chi connectivity index (χ1) is 8.99.